The SMILES string of the molecule is CCCN1C(=O)C(Nc2cc(C)cc(C)c2)=C(c2ccc(OC(C)C)cc2)C1=O. The molecule has 29 heavy (non-hydrogen) atoms. The second-order valence-electron chi connectivity index (χ2n) is 7.70. The van der Waals surface area contributed by atoms with E-state index in [9.17, 15) is 9.59 Å². The van der Waals surface area contributed by atoms with Crippen molar-refractivity contribution in [1.29, 1.82) is 0 Å². The van der Waals surface area contributed by atoms with E-state index < -0.39 is 0 Å². The molecule has 0 saturated heterocycles. The van der Waals surface area contributed by atoms with Gasteiger partial charge in [0.1, 0.15) is 11.4 Å². The van der Waals surface area contributed by atoms with Crippen LogP contribution in [0.5, 0.6) is 5.75 Å². The molecule has 0 spiro atoms. The Morgan fingerprint density at radius 3 is 2.14 bits per heavy atom. The van der Waals surface area contributed by atoms with E-state index in [0.29, 0.717) is 29.8 Å². The van der Waals surface area contributed by atoms with Gasteiger partial charge in [-0.15, -0.1) is 0 Å². The summed E-state index contributed by atoms with van der Waals surface area (Å²) in [4.78, 5) is 27.4. The summed E-state index contributed by atoms with van der Waals surface area (Å²) in [6.45, 7) is 10.3. The van der Waals surface area contributed by atoms with Crippen molar-refractivity contribution < 1.29 is 14.3 Å². The molecule has 152 valence electrons. The molecule has 3 rings (SSSR count). The Morgan fingerprint density at radius 1 is 0.966 bits per heavy atom. The number of hydrogen-bond donors (Lipinski definition) is 1. The molecule has 0 aromatic heterocycles. The van der Waals surface area contributed by atoms with Gasteiger partial charge in [-0.3, -0.25) is 14.5 Å². The number of amides is 2. The molecule has 1 aliphatic heterocycles. The van der Waals surface area contributed by atoms with E-state index >= 15 is 0 Å². The first-order chi connectivity index (χ1) is 13.8. The molecule has 0 atom stereocenters. The Bertz CT molecular complexity index is 938. The smallest absolute Gasteiger partial charge is 0.278 e. The molecule has 0 aliphatic carbocycles. The van der Waals surface area contributed by atoms with Crippen LogP contribution in [-0.4, -0.2) is 29.4 Å². The molecular formula is C24H28N2O3. The zero-order chi connectivity index (χ0) is 21.1. The van der Waals surface area contributed by atoms with Crippen LogP contribution >= 0.6 is 0 Å². The highest BCUT2D eigenvalue weighted by Gasteiger charge is 2.38. The van der Waals surface area contributed by atoms with E-state index in [4.69, 9.17) is 4.74 Å². The number of ether oxygens (including phenoxy) is 1. The average Bonchev–Trinajstić information content (AvgIpc) is 2.86. The minimum atomic E-state index is -0.284. The molecule has 0 radical (unpaired) electrons. The number of benzene rings is 2. The molecule has 5 nitrogen and oxygen atoms in total. The molecule has 2 aromatic carbocycles. The summed E-state index contributed by atoms with van der Waals surface area (Å²) in [5.41, 5.74) is 4.41. The lowest BCUT2D eigenvalue weighted by Gasteiger charge is -2.14. The number of nitrogens with zero attached hydrogens (tertiary/aromatic N) is 1. The molecule has 1 heterocycles. The second-order valence-corrected chi connectivity index (χ2v) is 7.70. The van der Waals surface area contributed by atoms with E-state index in [-0.39, 0.29) is 17.9 Å². The number of nitrogens with one attached hydrogen (secondary N) is 1. The monoisotopic (exact) mass is 392 g/mol. The number of imide groups is 1. The molecule has 0 unspecified atom stereocenters. The number of carbonyl (C=O) groups excluding carboxylic acids is 2. The summed E-state index contributed by atoms with van der Waals surface area (Å²) in [6, 6.07) is 13.3. The van der Waals surface area contributed by atoms with Gasteiger partial charge in [0.05, 0.1) is 11.7 Å². The molecule has 1 aliphatic rings. The minimum Gasteiger partial charge on any atom is -0.491 e. The van der Waals surface area contributed by atoms with E-state index in [1.54, 1.807) is 0 Å². The van der Waals surface area contributed by atoms with Crippen molar-refractivity contribution in [2.24, 2.45) is 0 Å². The summed E-state index contributed by atoms with van der Waals surface area (Å²) in [6.07, 6.45) is 0.777. The standard InChI is InChI=1S/C24H28N2O3/c1-6-11-26-23(27)21(18-7-9-20(10-8-18)29-15(2)3)22(24(26)28)25-19-13-16(4)12-17(5)14-19/h7-10,12-15,25H,6,11H2,1-5H3. The van der Waals surface area contributed by atoms with Gasteiger partial charge in [-0.25, -0.2) is 0 Å². The van der Waals surface area contributed by atoms with Gasteiger partial charge < -0.3 is 10.1 Å². The summed E-state index contributed by atoms with van der Waals surface area (Å²) < 4.78 is 5.69. The lowest BCUT2D eigenvalue weighted by molar-refractivity contribution is -0.136. The highest BCUT2D eigenvalue weighted by molar-refractivity contribution is 6.36. The highest BCUT2D eigenvalue weighted by atomic mass is 16.5. The average molecular weight is 392 g/mol. The Morgan fingerprint density at radius 2 is 1.59 bits per heavy atom. The van der Waals surface area contributed by atoms with Crippen LogP contribution in [0.25, 0.3) is 5.57 Å². The van der Waals surface area contributed by atoms with Gasteiger partial charge in [0, 0.05) is 12.2 Å². The van der Waals surface area contributed by atoms with E-state index in [2.05, 4.69) is 11.4 Å². The fraction of sp³-hybridized carbons (Fsp3) is 0.333. The molecule has 0 saturated carbocycles. The maximum absolute atomic E-state index is 13.1. The molecule has 1 N–H and O–H groups in total. The molecule has 0 bridgehead atoms. The lowest BCUT2D eigenvalue weighted by atomic mass is 10.0. The Hall–Kier alpha value is -3.08. The van der Waals surface area contributed by atoms with Crippen molar-refractivity contribution in [3.8, 4) is 5.75 Å². The van der Waals surface area contributed by atoms with Gasteiger partial charge in [0.2, 0.25) is 0 Å². The zero-order valence-corrected chi connectivity index (χ0v) is 17.7. The summed E-state index contributed by atoms with van der Waals surface area (Å²) in [5.74, 6) is 0.185. The Labute approximate surface area is 172 Å². The van der Waals surface area contributed by atoms with Gasteiger partial charge >= 0.3 is 0 Å². The third-order valence-electron chi connectivity index (χ3n) is 4.62. The largest absolute Gasteiger partial charge is 0.491 e. The van der Waals surface area contributed by atoms with Crippen molar-refractivity contribution in [3.05, 3.63) is 64.9 Å². The van der Waals surface area contributed by atoms with Crippen molar-refractivity contribution in [2.75, 3.05) is 11.9 Å². The second kappa shape index (κ2) is 8.52. The van der Waals surface area contributed by atoms with Crippen molar-refractivity contribution in [2.45, 2.75) is 47.1 Å². The van der Waals surface area contributed by atoms with E-state index in [1.165, 1.54) is 4.90 Å². The lowest BCUT2D eigenvalue weighted by Crippen LogP contribution is -2.33. The molecular weight excluding hydrogens is 364 g/mol. The van der Waals surface area contributed by atoms with Crippen molar-refractivity contribution in [3.63, 3.8) is 0 Å². The number of aryl methyl sites for hydroxylation is 2. The maximum Gasteiger partial charge on any atom is 0.278 e. The number of anilines is 1. The predicted octanol–water partition coefficient (Wildman–Crippen LogP) is 4.69. The van der Waals surface area contributed by atoms with Gasteiger partial charge in [0.25, 0.3) is 11.8 Å². The Kier molecular flexibility index (Phi) is 6.06. The van der Waals surface area contributed by atoms with Crippen LogP contribution in [0.15, 0.2) is 48.2 Å². The normalized spacial score (nSPS) is 14.2. The third kappa shape index (κ3) is 4.50. The van der Waals surface area contributed by atoms with Gasteiger partial charge in [-0.05, 0) is 75.1 Å². The van der Waals surface area contributed by atoms with Gasteiger partial charge in [0.15, 0.2) is 0 Å². The molecule has 2 aromatic rings. The van der Waals surface area contributed by atoms with Gasteiger partial charge in [-0.2, -0.15) is 0 Å². The quantitative estimate of drug-likeness (QED) is 0.695. The van der Waals surface area contributed by atoms with Crippen LogP contribution < -0.4 is 10.1 Å². The third-order valence-corrected chi connectivity index (χ3v) is 4.62. The van der Waals surface area contributed by atoms with Crippen LogP contribution in [-0.2, 0) is 9.59 Å². The number of rotatable bonds is 7. The molecule has 2 amide bonds. The number of hydrogen-bond acceptors (Lipinski definition) is 4. The van der Waals surface area contributed by atoms with Gasteiger partial charge in [-0.1, -0.05) is 25.1 Å². The first-order valence-corrected chi connectivity index (χ1v) is 10.0. The van der Waals surface area contributed by atoms with E-state index in [1.807, 2.05) is 71.0 Å². The molecule has 0 fully saturated rings. The highest BCUT2D eigenvalue weighted by Crippen LogP contribution is 2.32. The van der Waals surface area contributed by atoms with Crippen LogP contribution in [0.4, 0.5) is 5.69 Å². The summed E-state index contributed by atoms with van der Waals surface area (Å²) in [5, 5.41) is 3.22. The number of carbonyl (C=O) groups is 2. The maximum atomic E-state index is 13.1. The summed E-state index contributed by atoms with van der Waals surface area (Å²) >= 11 is 0. The van der Waals surface area contributed by atoms with Crippen LogP contribution in [0.1, 0.15) is 43.9 Å². The first kappa shape index (κ1) is 20.6. The minimum absolute atomic E-state index is 0.0663. The van der Waals surface area contributed by atoms with Crippen molar-refractivity contribution in [1.82, 2.24) is 4.90 Å². The fourth-order valence-electron chi connectivity index (χ4n) is 3.55. The van der Waals surface area contributed by atoms with Crippen LogP contribution in [0, 0.1) is 13.8 Å². The zero-order valence-electron chi connectivity index (χ0n) is 17.7. The Balaban J connectivity index is 2.03. The first-order valence-electron chi connectivity index (χ1n) is 10.0. The fourth-order valence-corrected chi connectivity index (χ4v) is 3.55. The van der Waals surface area contributed by atoms with Crippen LogP contribution in [0.3, 0.4) is 0 Å². The molecule has 5 heteroatoms. The predicted molar refractivity (Wildman–Crippen MR) is 116 cm³/mol. The van der Waals surface area contributed by atoms with E-state index in [0.717, 1.165) is 22.6 Å². The van der Waals surface area contributed by atoms with Crippen LogP contribution in [0.2, 0.25) is 0 Å². The van der Waals surface area contributed by atoms with Crippen molar-refractivity contribution >= 4 is 23.1 Å². The summed E-state index contributed by atoms with van der Waals surface area (Å²) in [7, 11) is 0. The topological polar surface area (TPSA) is 58.6 Å².